The molecule has 2 amide bonds. The number of carbonyl (C=O) groups is 2. The highest BCUT2D eigenvalue weighted by Gasteiger charge is 2.21. The van der Waals surface area contributed by atoms with Gasteiger partial charge in [0.25, 0.3) is 11.6 Å². The maximum absolute atomic E-state index is 12.2. The van der Waals surface area contributed by atoms with Crippen molar-refractivity contribution in [1.82, 2.24) is 15.2 Å². The van der Waals surface area contributed by atoms with E-state index < -0.39 is 10.8 Å². The summed E-state index contributed by atoms with van der Waals surface area (Å²) in [5.74, 6) is -0.953. The van der Waals surface area contributed by atoms with Crippen LogP contribution in [-0.2, 0) is 4.79 Å². The smallest absolute Gasteiger partial charge is 0.288 e. The van der Waals surface area contributed by atoms with E-state index in [-0.39, 0.29) is 34.9 Å². The molecular formula is C12H15ClN4O4. The van der Waals surface area contributed by atoms with Gasteiger partial charge in [-0.2, -0.15) is 0 Å². The van der Waals surface area contributed by atoms with Gasteiger partial charge in [-0.25, -0.2) is 4.98 Å². The number of pyridine rings is 1. The Morgan fingerprint density at radius 1 is 1.52 bits per heavy atom. The second kappa shape index (κ2) is 6.98. The van der Waals surface area contributed by atoms with Crippen molar-refractivity contribution in [2.45, 2.75) is 19.9 Å². The van der Waals surface area contributed by atoms with Crippen molar-refractivity contribution in [3.63, 3.8) is 0 Å². The molecule has 1 aromatic rings. The second-order valence-electron chi connectivity index (χ2n) is 4.67. The number of likely N-dealkylation sites (N-methyl/N-ethyl adjacent to an activating group) is 1. The summed E-state index contributed by atoms with van der Waals surface area (Å²) in [5, 5.41) is 13.2. The van der Waals surface area contributed by atoms with Crippen LogP contribution in [0.1, 0.15) is 24.2 Å². The van der Waals surface area contributed by atoms with Crippen molar-refractivity contribution < 1.29 is 14.5 Å². The van der Waals surface area contributed by atoms with Crippen molar-refractivity contribution in [3.05, 3.63) is 33.1 Å². The minimum atomic E-state index is -0.675. The summed E-state index contributed by atoms with van der Waals surface area (Å²) in [7, 11) is 1.40. The van der Waals surface area contributed by atoms with Crippen molar-refractivity contribution in [1.29, 1.82) is 0 Å². The van der Waals surface area contributed by atoms with Gasteiger partial charge in [0.15, 0.2) is 0 Å². The normalized spacial score (nSPS) is 10.3. The van der Waals surface area contributed by atoms with Gasteiger partial charge in [-0.05, 0) is 13.8 Å². The molecule has 0 unspecified atom stereocenters. The lowest BCUT2D eigenvalue weighted by Crippen LogP contribution is -2.41. The van der Waals surface area contributed by atoms with Gasteiger partial charge in [-0.3, -0.25) is 19.7 Å². The molecule has 0 radical (unpaired) electrons. The van der Waals surface area contributed by atoms with Gasteiger partial charge in [0.2, 0.25) is 5.91 Å². The summed E-state index contributed by atoms with van der Waals surface area (Å²) in [6, 6.07) is 0.984. The van der Waals surface area contributed by atoms with Crippen LogP contribution in [0, 0.1) is 10.1 Å². The van der Waals surface area contributed by atoms with E-state index in [2.05, 4.69) is 10.3 Å². The minimum Gasteiger partial charge on any atom is -0.352 e. The van der Waals surface area contributed by atoms with Crippen molar-refractivity contribution >= 4 is 29.1 Å². The number of hydrogen-bond acceptors (Lipinski definition) is 5. The molecule has 0 spiro atoms. The summed E-state index contributed by atoms with van der Waals surface area (Å²) in [5.41, 5.74) is -0.464. The average Bonchev–Trinajstić information content (AvgIpc) is 2.36. The zero-order valence-electron chi connectivity index (χ0n) is 11.8. The van der Waals surface area contributed by atoms with Gasteiger partial charge in [-0.1, -0.05) is 11.6 Å². The van der Waals surface area contributed by atoms with Crippen LogP contribution < -0.4 is 5.32 Å². The first kappa shape index (κ1) is 16.8. The summed E-state index contributed by atoms with van der Waals surface area (Å²) >= 11 is 5.78. The lowest BCUT2D eigenvalue weighted by atomic mass is 10.2. The maximum Gasteiger partial charge on any atom is 0.288 e. The van der Waals surface area contributed by atoms with Crippen molar-refractivity contribution in [3.8, 4) is 0 Å². The number of nitrogens with one attached hydrogen (secondary N) is 1. The van der Waals surface area contributed by atoms with Crippen LogP contribution in [0.25, 0.3) is 0 Å². The van der Waals surface area contributed by atoms with E-state index in [1.54, 1.807) is 13.8 Å². The van der Waals surface area contributed by atoms with Crippen molar-refractivity contribution in [2.75, 3.05) is 13.6 Å². The Morgan fingerprint density at radius 3 is 2.67 bits per heavy atom. The minimum absolute atomic E-state index is 0.0518. The second-order valence-corrected chi connectivity index (χ2v) is 5.03. The Labute approximate surface area is 126 Å². The highest BCUT2D eigenvalue weighted by molar-refractivity contribution is 6.32. The van der Waals surface area contributed by atoms with E-state index in [1.807, 2.05) is 0 Å². The highest BCUT2D eigenvalue weighted by Crippen LogP contribution is 2.20. The lowest BCUT2D eigenvalue weighted by Gasteiger charge is -2.18. The Hall–Kier alpha value is -2.22. The van der Waals surface area contributed by atoms with E-state index in [0.717, 1.165) is 17.2 Å². The molecule has 114 valence electrons. The van der Waals surface area contributed by atoms with Crippen LogP contribution in [0.4, 0.5) is 5.69 Å². The molecule has 8 nitrogen and oxygen atoms in total. The summed E-state index contributed by atoms with van der Waals surface area (Å²) in [6.45, 7) is 3.40. The first-order chi connectivity index (χ1) is 9.72. The van der Waals surface area contributed by atoms with E-state index in [9.17, 15) is 19.7 Å². The topological polar surface area (TPSA) is 105 Å². The van der Waals surface area contributed by atoms with Crippen LogP contribution in [0.3, 0.4) is 0 Å². The molecule has 21 heavy (non-hydrogen) atoms. The van der Waals surface area contributed by atoms with Gasteiger partial charge in [-0.15, -0.1) is 0 Å². The number of halogens is 1. The number of nitrogens with zero attached hydrogens (tertiary/aromatic N) is 3. The Kier molecular flexibility index (Phi) is 5.60. The molecule has 0 atom stereocenters. The number of hydrogen-bond donors (Lipinski definition) is 1. The van der Waals surface area contributed by atoms with Crippen LogP contribution in [0.15, 0.2) is 12.3 Å². The van der Waals surface area contributed by atoms with Crippen molar-refractivity contribution in [2.24, 2.45) is 0 Å². The zero-order valence-corrected chi connectivity index (χ0v) is 12.5. The predicted molar refractivity (Wildman–Crippen MR) is 76.1 cm³/mol. The Balaban J connectivity index is 2.90. The zero-order chi connectivity index (χ0) is 16.2. The molecule has 0 saturated heterocycles. The first-order valence-electron chi connectivity index (χ1n) is 6.07. The van der Waals surface area contributed by atoms with Crippen LogP contribution in [0.5, 0.6) is 0 Å². The fourth-order valence-corrected chi connectivity index (χ4v) is 1.73. The molecular weight excluding hydrogens is 300 g/mol. The maximum atomic E-state index is 12.2. The molecule has 0 aliphatic heterocycles. The van der Waals surface area contributed by atoms with Gasteiger partial charge >= 0.3 is 0 Å². The molecule has 0 aliphatic carbocycles. The molecule has 0 aromatic carbocycles. The van der Waals surface area contributed by atoms with Gasteiger partial charge in [0.1, 0.15) is 11.3 Å². The molecule has 0 saturated carbocycles. The number of rotatable bonds is 5. The van der Waals surface area contributed by atoms with Crippen LogP contribution in [0.2, 0.25) is 5.15 Å². The fraction of sp³-hybridized carbons (Fsp3) is 0.417. The Bertz CT molecular complexity index is 576. The van der Waals surface area contributed by atoms with Gasteiger partial charge < -0.3 is 10.2 Å². The third kappa shape index (κ3) is 4.67. The number of carbonyl (C=O) groups excluding carboxylic acids is 2. The third-order valence-electron chi connectivity index (χ3n) is 2.44. The molecule has 0 aliphatic rings. The summed E-state index contributed by atoms with van der Waals surface area (Å²) in [6.07, 6.45) is 0.963. The lowest BCUT2D eigenvalue weighted by molar-refractivity contribution is -0.385. The third-order valence-corrected chi connectivity index (χ3v) is 2.74. The molecule has 1 rings (SSSR count). The van der Waals surface area contributed by atoms with E-state index in [0.29, 0.717) is 0 Å². The largest absolute Gasteiger partial charge is 0.352 e. The average molecular weight is 315 g/mol. The molecule has 9 heteroatoms. The van der Waals surface area contributed by atoms with E-state index >= 15 is 0 Å². The first-order valence-corrected chi connectivity index (χ1v) is 6.45. The monoisotopic (exact) mass is 314 g/mol. The molecule has 0 fully saturated rings. The van der Waals surface area contributed by atoms with E-state index in [1.165, 1.54) is 7.05 Å². The number of amides is 2. The summed E-state index contributed by atoms with van der Waals surface area (Å²) in [4.78, 5) is 38.5. The molecule has 1 N–H and O–H groups in total. The number of nitro groups is 1. The summed E-state index contributed by atoms with van der Waals surface area (Å²) < 4.78 is 0. The predicted octanol–water partition coefficient (Wildman–Crippen LogP) is 1.24. The van der Waals surface area contributed by atoms with Gasteiger partial charge in [0.05, 0.1) is 17.0 Å². The van der Waals surface area contributed by atoms with E-state index in [4.69, 9.17) is 11.6 Å². The number of aromatic nitrogens is 1. The van der Waals surface area contributed by atoms with Crippen LogP contribution in [-0.4, -0.2) is 46.3 Å². The SMILES string of the molecule is CC(C)NC(=O)CN(C)C(=O)c1cc([N+](=O)[O-])cnc1Cl. The molecule has 1 aromatic heterocycles. The highest BCUT2D eigenvalue weighted by atomic mass is 35.5. The standard InChI is InChI=1S/C12H15ClN4O4/c1-7(2)15-10(18)6-16(3)12(19)9-4-8(17(20)21)5-14-11(9)13/h4-5,7H,6H2,1-3H3,(H,15,18). The quantitative estimate of drug-likeness (QED) is 0.500. The molecule has 1 heterocycles. The Morgan fingerprint density at radius 2 is 2.14 bits per heavy atom. The fourth-order valence-electron chi connectivity index (χ4n) is 1.55. The van der Waals surface area contributed by atoms with Crippen LogP contribution >= 0.6 is 11.6 Å². The molecule has 0 bridgehead atoms. The van der Waals surface area contributed by atoms with Gasteiger partial charge in [0, 0.05) is 19.2 Å².